The third-order valence-electron chi connectivity index (χ3n) is 6.00. The third-order valence-corrected chi connectivity index (χ3v) is 9.11. The first kappa shape index (κ1) is 33.1. The van der Waals surface area contributed by atoms with Gasteiger partial charge in [0.2, 0.25) is 5.91 Å². The Morgan fingerprint density at radius 3 is 2.36 bits per heavy atom. The van der Waals surface area contributed by atoms with Gasteiger partial charge in [0.1, 0.15) is 11.5 Å². The number of pyridine rings is 1. The molecule has 0 atom stereocenters. The molecule has 19 heteroatoms. The Hall–Kier alpha value is -4.75. The lowest BCUT2D eigenvalue weighted by Crippen LogP contribution is -2.36. The van der Waals surface area contributed by atoms with Crippen LogP contribution in [0.4, 0.5) is 13.2 Å². The van der Waals surface area contributed by atoms with Gasteiger partial charge in [-0.15, -0.1) is 0 Å². The number of nitrogens with one attached hydrogen (secondary N) is 2. The first-order chi connectivity index (χ1) is 21.1. The zero-order valence-electron chi connectivity index (χ0n) is 23.2. The smallest absolute Gasteiger partial charge is 0.422 e. The molecule has 4 N–H and O–H groups in total. The Kier molecular flexibility index (Phi) is 9.64. The van der Waals surface area contributed by atoms with Crippen LogP contribution in [-0.2, 0) is 36.2 Å². The quantitative estimate of drug-likeness (QED) is 0.187. The molecule has 0 bridgehead atoms. The van der Waals surface area contributed by atoms with Crippen molar-refractivity contribution in [3.8, 4) is 11.5 Å². The number of imidazole rings is 1. The Balaban J connectivity index is 1.60. The molecular weight excluding hydrogens is 645 g/mol. The first-order valence-electron chi connectivity index (χ1n) is 12.7. The number of alkyl halides is 3. The standard InChI is InChI=1S/C26H25F3N6O8S2/c1-16-20(31-11-10-22(16)43-15-26(27,28)29)12-33-44(38,39)25-34-19-4-2-3-5-21(19)35(25)45(40,41)18-8-6-17(7-9-18)42-14-24(37)32-13-23(30)36/h2-11,33H,12-15H2,1H3,(H2,30,36)(H,32,37). The number of primary amides is 1. The van der Waals surface area contributed by atoms with E-state index in [0.717, 1.165) is 18.3 Å². The van der Waals surface area contributed by atoms with Crippen molar-refractivity contribution in [1.82, 2.24) is 24.0 Å². The van der Waals surface area contributed by atoms with Crippen molar-refractivity contribution in [2.24, 2.45) is 5.73 Å². The van der Waals surface area contributed by atoms with Crippen molar-refractivity contribution >= 4 is 42.9 Å². The molecule has 0 unspecified atom stereocenters. The lowest BCUT2D eigenvalue weighted by atomic mass is 10.2. The number of nitrogens with two attached hydrogens (primary N) is 1. The van der Waals surface area contributed by atoms with Crippen LogP contribution in [0.2, 0.25) is 0 Å². The van der Waals surface area contributed by atoms with E-state index >= 15 is 0 Å². The average molecular weight is 671 g/mol. The van der Waals surface area contributed by atoms with Crippen LogP contribution in [-0.4, -0.2) is 68.5 Å². The highest BCUT2D eigenvalue weighted by Crippen LogP contribution is 2.28. The van der Waals surface area contributed by atoms with Crippen LogP contribution >= 0.6 is 0 Å². The second kappa shape index (κ2) is 13.1. The van der Waals surface area contributed by atoms with Crippen molar-refractivity contribution in [2.75, 3.05) is 19.8 Å². The Bertz CT molecular complexity index is 1950. The fraction of sp³-hybridized carbons (Fsp3) is 0.231. The normalized spacial score (nSPS) is 12.2. The van der Waals surface area contributed by atoms with Crippen molar-refractivity contribution in [3.63, 3.8) is 0 Å². The van der Waals surface area contributed by atoms with Crippen LogP contribution in [0.1, 0.15) is 11.3 Å². The fourth-order valence-electron chi connectivity index (χ4n) is 3.86. The number of carbonyl (C=O) groups is 2. The second-order valence-corrected chi connectivity index (χ2v) is 12.7. The number of para-hydroxylation sites is 2. The summed E-state index contributed by atoms with van der Waals surface area (Å²) in [5, 5.41) is 1.35. The van der Waals surface area contributed by atoms with E-state index in [1.54, 1.807) is 0 Å². The summed E-state index contributed by atoms with van der Waals surface area (Å²) in [5.41, 5.74) is 5.11. The molecule has 4 aromatic rings. The van der Waals surface area contributed by atoms with Crippen molar-refractivity contribution < 1.29 is 49.1 Å². The minimum Gasteiger partial charge on any atom is -0.484 e. The van der Waals surface area contributed by atoms with Crippen LogP contribution in [0.15, 0.2) is 70.8 Å². The van der Waals surface area contributed by atoms with Crippen molar-refractivity contribution in [2.45, 2.75) is 29.7 Å². The summed E-state index contributed by atoms with van der Waals surface area (Å²) in [5.74, 6) is -1.47. The van der Waals surface area contributed by atoms with Gasteiger partial charge in [-0.3, -0.25) is 14.6 Å². The second-order valence-electron chi connectivity index (χ2n) is 9.26. The largest absolute Gasteiger partial charge is 0.484 e. The summed E-state index contributed by atoms with van der Waals surface area (Å²) in [4.78, 5) is 30.2. The third kappa shape index (κ3) is 8.05. The van der Waals surface area contributed by atoms with Gasteiger partial charge in [0.15, 0.2) is 13.2 Å². The van der Waals surface area contributed by atoms with Crippen LogP contribution in [0.25, 0.3) is 11.0 Å². The van der Waals surface area contributed by atoms with Gasteiger partial charge in [0.25, 0.3) is 31.1 Å². The zero-order chi connectivity index (χ0) is 33.0. The molecule has 0 saturated carbocycles. The number of sulfonamides is 1. The topological polar surface area (TPSA) is 202 Å². The monoisotopic (exact) mass is 670 g/mol. The van der Waals surface area contributed by atoms with Crippen LogP contribution < -0.4 is 25.2 Å². The zero-order valence-corrected chi connectivity index (χ0v) is 24.9. The highest BCUT2D eigenvalue weighted by molar-refractivity contribution is 7.92. The van der Waals surface area contributed by atoms with E-state index < -0.39 is 69.5 Å². The molecule has 2 aromatic heterocycles. The molecule has 0 radical (unpaired) electrons. The maximum absolute atomic E-state index is 13.8. The lowest BCUT2D eigenvalue weighted by Gasteiger charge is -2.14. The highest BCUT2D eigenvalue weighted by atomic mass is 32.2. The van der Waals surface area contributed by atoms with E-state index in [0.29, 0.717) is 3.97 Å². The predicted molar refractivity (Wildman–Crippen MR) is 151 cm³/mol. The molecule has 2 heterocycles. The lowest BCUT2D eigenvalue weighted by molar-refractivity contribution is -0.153. The number of carbonyl (C=O) groups excluding carboxylic acids is 2. The predicted octanol–water partition coefficient (Wildman–Crippen LogP) is 1.38. The number of ether oxygens (including phenoxy) is 2. The Morgan fingerprint density at radius 2 is 1.69 bits per heavy atom. The van der Waals surface area contributed by atoms with Gasteiger partial charge in [-0.05, 0) is 49.4 Å². The molecule has 45 heavy (non-hydrogen) atoms. The molecule has 0 aliphatic carbocycles. The van der Waals surface area contributed by atoms with E-state index in [2.05, 4.69) is 20.0 Å². The van der Waals surface area contributed by atoms with Gasteiger partial charge < -0.3 is 20.5 Å². The van der Waals surface area contributed by atoms with Crippen LogP contribution in [0, 0.1) is 6.92 Å². The number of benzene rings is 2. The van der Waals surface area contributed by atoms with E-state index in [9.17, 15) is 39.6 Å². The number of nitrogens with zero attached hydrogens (tertiary/aromatic N) is 3. The summed E-state index contributed by atoms with van der Waals surface area (Å²) in [6.45, 7) is -1.59. The van der Waals surface area contributed by atoms with E-state index in [-0.39, 0.29) is 38.7 Å². The molecule has 0 fully saturated rings. The maximum Gasteiger partial charge on any atom is 0.422 e. The summed E-state index contributed by atoms with van der Waals surface area (Å²) in [7, 11) is -9.30. The summed E-state index contributed by atoms with van der Waals surface area (Å²) < 4.78 is 105. The van der Waals surface area contributed by atoms with E-state index in [4.69, 9.17) is 15.2 Å². The molecule has 0 saturated heterocycles. The molecule has 240 valence electrons. The summed E-state index contributed by atoms with van der Waals surface area (Å²) in [6, 6.07) is 11.7. The summed E-state index contributed by atoms with van der Waals surface area (Å²) >= 11 is 0. The number of rotatable bonds is 13. The van der Waals surface area contributed by atoms with Gasteiger partial charge in [-0.2, -0.15) is 13.2 Å². The average Bonchev–Trinajstić information content (AvgIpc) is 3.39. The van der Waals surface area contributed by atoms with Crippen molar-refractivity contribution in [3.05, 3.63) is 72.1 Å². The molecule has 4 rings (SSSR count). The fourth-order valence-corrected chi connectivity index (χ4v) is 6.79. The SMILES string of the molecule is Cc1c(OCC(F)(F)F)ccnc1CNS(=O)(=O)c1nc2ccccc2n1S(=O)(=O)c1ccc(OCC(=O)NCC(N)=O)cc1. The van der Waals surface area contributed by atoms with Gasteiger partial charge in [-0.1, -0.05) is 12.1 Å². The number of amides is 2. The number of fused-ring (bicyclic) bond motifs is 1. The number of halogens is 3. The minimum atomic E-state index is -4.69. The van der Waals surface area contributed by atoms with Crippen molar-refractivity contribution in [1.29, 1.82) is 0 Å². The minimum absolute atomic E-state index is 0.0302. The van der Waals surface area contributed by atoms with Gasteiger partial charge in [-0.25, -0.2) is 30.5 Å². The molecule has 2 aromatic carbocycles. The number of aromatic nitrogens is 3. The molecule has 0 spiro atoms. The molecule has 0 aliphatic rings. The molecule has 14 nitrogen and oxygen atoms in total. The molecular formula is C26H25F3N6O8S2. The number of hydrogen-bond donors (Lipinski definition) is 3. The number of hydrogen-bond acceptors (Lipinski definition) is 10. The first-order valence-corrected chi connectivity index (χ1v) is 15.7. The highest BCUT2D eigenvalue weighted by Gasteiger charge is 2.32. The summed E-state index contributed by atoms with van der Waals surface area (Å²) in [6.07, 6.45) is -3.46. The van der Waals surface area contributed by atoms with E-state index in [1.165, 1.54) is 49.4 Å². The van der Waals surface area contributed by atoms with Gasteiger partial charge in [0.05, 0.1) is 34.7 Å². The van der Waals surface area contributed by atoms with Crippen LogP contribution in [0.3, 0.4) is 0 Å². The van der Waals surface area contributed by atoms with Gasteiger partial charge in [0, 0.05) is 11.8 Å². The van der Waals surface area contributed by atoms with E-state index in [1.807, 2.05) is 0 Å². The Morgan fingerprint density at radius 1 is 1.00 bits per heavy atom. The molecule has 2 amide bonds. The molecule has 0 aliphatic heterocycles. The Labute approximate surface area is 254 Å². The van der Waals surface area contributed by atoms with Crippen LogP contribution in [0.5, 0.6) is 11.5 Å². The maximum atomic E-state index is 13.8. The van der Waals surface area contributed by atoms with Gasteiger partial charge >= 0.3 is 6.18 Å².